The number of benzene rings is 1. The Morgan fingerprint density at radius 1 is 1.30 bits per heavy atom. The highest BCUT2D eigenvalue weighted by Crippen LogP contribution is 2.28. The van der Waals surface area contributed by atoms with E-state index >= 15 is 0 Å². The molecule has 1 aliphatic heterocycles. The molecule has 3 nitrogen and oxygen atoms in total. The minimum Gasteiger partial charge on any atom is -0.496 e. The van der Waals surface area contributed by atoms with Crippen molar-refractivity contribution >= 4 is 0 Å². The van der Waals surface area contributed by atoms with Crippen molar-refractivity contribution in [1.29, 1.82) is 0 Å². The maximum absolute atomic E-state index is 6.54. The monoisotopic (exact) mass is 276 g/mol. The summed E-state index contributed by atoms with van der Waals surface area (Å²) in [5.41, 5.74) is 9.04. The highest BCUT2D eigenvalue weighted by molar-refractivity contribution is 5.37. The van der Waals surface area contributed by atoms with Gasteiger partial charge in [-0.1, -0.05) is 17.7 Å². The molecule has 1 aromatic carbocycles. The molecule has 0 aliphatic carbocycles. The summed E-state index contributed by atoms with van der Waals surface area (Å²) < 4.78 is 5.47. The van der Waals surface area contributed by atoms with Crippen LogP contribution in [0, 0.1) is 6.92 Å². The number of hydrogen-bond acceptors (Lipinski definition) is 3. The van der Waals surface area contributed by atoms with E-state index < -0.39 is 0 Å². The summed E-state index contributed by atoms with van der Waals surface area (Å²) in [7, 11) is 1.73. The van der Waals surface area contributed by atoms with Crippen LogP contribution in [0.2, 0.25) is 0 Å². The third-order valence-corrected chi connectivity index (χ3v) is 4.70. The second-order valence-corrected chi connectivity index (χ2v) is 6.47. The van der Waals surface area contributed by atoms with Gasteiger partial charge in [0.1, 0.15) is 5.75 Å². The zero-order chi connectivity index (χ0) is 14.8. The van der Waals surface area contributed by atoms with E-state index in [0.717, 1.165) is 12.2 Å². The van der Waals surface area contributed by atoms with E-state index in [4.69, 9.17) is 10.5 Å². The predicted molar refractivity (Wildman–Crippen MR) is 84.3 cm³/mol. The van der Waals surface area contributed by atoms with Crippen LogP contribution in [0.3, 0.4) is 0 Å². The van der Waals surface area contributed by atoms with Crippen molar-refractivity contribution in [3.05, 3.63) is 29.3 Å². The van der Waals surface area contributed by atoms with E-state index in [-0.39, 0.29) is 11.6 Å². The summed E-state index contributed by atoms with van der Waals surface area (Å²) in [5, 5.41) is 0. The molecular formula is C17H28N2O. The first-order chi connectivity index (χ1) is 9.45. The van der Waals surface area contributed by atoms with Crippen LogP contribution in [0.5, 0.6) is 5.75 Å². The van der Waals surface area contributed by atoms with Gasteiger partial charge < -0.3 is 10.5 Å². The molecule has 0 bridgehead atoms. The van der Waals surface area contributed by atoms with Crippen LogP contribution >= 0.6 is 0 Å². The van der Waals surface area contributed by atoms with Crippen molar-refractivity contribution in [2.75, 3.05) is 20.2 Å². The molecule has 0 amide bonds. The van der Waals surface area contributed by atoms with Gasteiger partial charge in [-0.3, -0.25) is 4.90 Å². The number of aryl methyl sites for hydroxylation is 1. The first kappa shape index (κ1) is 15.3. The molecule has 1 heterocycles. The molecule has 1 unspecified atom stereocenters. The van der Waals surface area contributed by atoms with E-state index in [1.165, 1.54) is 37.1 Å². The third-order valence-electron chi connectivity index (χ3n) is 4.70. The zero-order valence-electron chi connectivity index (χ0n) is 13.3. The standard InChI is InChI=1S/C17H28N2O/c1-13-7-8-15(20-4)14(11-13)12-16(18)17(2,3)19-9-5-6-10-19/h7-8,11,16H,5-6,9-10,12,18H2,1-4H3. The van der Waals surface area contributed by atoms with Crippen molar-refractivity contribution in [2.24, 2.45) is 5.73 Å². The molecule has 1 saturated heterocycles. The minimum atomic E-state index is 0.0330. The Hall–Kier alpha value is -1.06. The molecule has 1 aliphatic rings. The molecule has 0 radical (unpaired) electrons. The average molecular weight is 276 g/mol. The molecule has 1 aromatic rings. The molecule has 0 spiro atoms. The number of likely N-dealkylation sites (tertiary alicyclic amines) is 1. The van der Waals surface area contributed by atoms with Crippen molar-refractivity contribution in [1.82, 2.24) is 4.90 Å². The van der Waals surface area contributed by atoms with Crippen molar-refractivity contribution < 1.29 is 4.74 Å². The quantitative estimate of drug-likeness (QED) is 0.898. The lowest BCUT2D eigenvalue weighted by Crippen LogP contribution is -2.56. The van der Waals surface area contributed by atoms with Gasteiger partial charge in [-0.25, -0.2) is 0 Å². The van der Waals surface area contributed by atoms with Gasteiger partial charge in [0.05, 0.1) is 7.11 Å². The Bertz CT molecular complexity index is 450. The molecule has 0 saturated carbocycles. The summed E-state index contributed by atoms with van der Waals surface area (Å²) in [6.45, 7) is 8.99. The average Bonchev–Trinajstić information content (AvgIpc) is 2.93. The molecule has 1 atom stereocenters. The topological polar surface area (TPSA) is 38.5 Å². The lowest BCUT2D eigenvalue weighted by molar-refractivity contribution is 0.123. The second-order valence-electron chi connectivity index (χ2n) is 6.47. The summed E-state index contributed by atoms with van der Waals surface area (Å²) in [5.74, 6) is 0.947. The molecule has 2 rings (SSSR count). The molecular weight excluding hydrogens is 248 g/mol. The van der Waals surface area contributed by atoms with Crippen LogP contribution < -0.4 is 10.5 Å². The molecule has 2 N–H and O–H groups in total. The maximum atomic E-state index is 6.54. The van der Waals surface area contributed by atoms with E-state index in [0.29, 0.717) is 0 Å². The number of ether oxygens (including phenoxy) is 1. The van der Waals surface area contributed by atoms with Gasteiger partial charge in [-0.2, -0.15) is 0 Å². The summed E-state index contributed by atoms with van der Waals surface area (Å²) >= 11 is 0. The summed E-state index contributed by atoms with van der Waals surface area (Å²) in [6.07, 6.45) is 3.45. The molecule has 0 aromatic heterocycles. The van der Waals surface area contributed by atoms with Crippen LogP contribution in [0.15, 0.2) is 18.2 Å². The lowest BCUT2D eigenvalue weighted by atomic mass is 9.88. The molecule has 112 valence electrons. The van der Waals surface area contributed by atoms with Crippen LogP contribution in [0.1, 0.15) is 37.8 Å². The Morgan fingerprint density at radius 3 is 2.55 bits per heavy atom. The summed E-state index contributed by atoms with van der Waals surface area (Å²) in [6, 6.07) is 6.43. The second kappa shape index (κ2) is 6.15. The lowest BCUT2D eigenvalue weighted by Gasteiger charge is -2.40. The van der Waals surface area contributed by atoms with Crippen LogP contribution in [-0.4, -0.2) is 36.7 Å². The number of nitrogens with two attached hydrogens (primary N) is 1. The van der Waals surface area contributed by atoms with Crippen molar-refractivity contribution in [3.63, 3.8) is 0 Å². The van der Waals surface area contributed by atoms with Gasteiger partial charge in [-0.05, 0) is 64.8 Å². The maximum Gasteiger partial charge on any atom is 0.122 e. The van der Waals surface area contributed by atoms with E-state index in [9.17, 15) is 0 Å². The normalized spacial score (nSPS) is 18.2. The van der Waals surface area contributed by atoms with Gasteiger partial charge in [0, 0.05) is 11.6 Å². The number of rotatable bonds is 5. The fourth-order valence-electron chi connectivity index (χ4n) is 3.08. The van der Waals surface area contributed by atoms with Crippen LogP contribution in [0.25, 0.3) is 0 Å². The first-order valence-electron chi connectivity index (χ1n) is 7.59. The zero-order valence-corrected chi connectivity index (χ0v) is 13.3. The highest BCUT2D eigenvalue weighted by Gasteiger charge is 2.34. The smallest absolute Gasteiger partial charge is 0.122 e. The molecule has 3 heteroatoms. The van der Waals surface area contributed by atoms with Gasteiger partial charge in [-0.15, -0.1) is 0 Å². The van der Waals surface area contributed by atoms with Gasteiger partial charge in [0.15, 0.2) is 0 Å². The summed E-state index contributed by atoms with van der Waals surface area (Å²) in [4.78, 5) is 2.53. The Labute approximate surface area is 123 Å². The minimum absolute atomic E-state index is 0.0330. The highest BCUT2D eigenvalue weighted by atomic mass is 16.5. The Balaban J connectivity index is 2.14. The van der Waals surface area contributed by atoms with E-state index in [2.05, 4.69) is 37.8 Å². The molecule has 20 heavy (non-hydrogen) atoms. The number of hydrogen-bond donors (Lipinski definition) is 1. The van der Waals surface area contributed by atoms with Gasteiger partial charge >= 0.3 is 0 Å². The Morgan fingerprint density at radius 2 is 1.95 bits per heavy atom. The van der Waals surface area contributed by atoms with E-state index in [1.807, 2.05) is 6.07 Å². The number of nitrogens with zero attached hydrogens (tertiary/aromatic N) is 1. The van der Waals surface area contributed by atoms with E-state index in [1.54, 1.807) is 7.11 Å². The predicted octanol–water partition coefficient (Wildman–Crippen LogP) is 2.75. The fourth-order valence-corrected chi connectivity index (χ4v) is 3.08. The van der Waals surface area contributed by atoms with Gasteiger partial charge in [0.25, 0.3) is 0 Å². The largest absolute Gasteiger partial charge is 0.496 e. The fraction of sp³-hybridized carbons (Fsp3) is 0.647. The SMILES string of the molecule is COc1ccc(C)cc1CC(N)C(C)(C)N1CCCC1. The van der Waals surface area contributed by atoms with Crippen LogP contribution in [0.4, 0.5) is 0 Å². The number of methoxy groups -OCH3 is 1. The van der Waals surface area contributed by atoms with Crippen LogP contribution in [-0.2, 0) is 6.42 Å². The van der Waals surface area contributed by atoms with Crippen molar-refractivity contribution in [3.8, 4) is 5.75 Å². The Kier molecular flexibility index (Phi) is 4.71. The third kappa shape index (κ3) is 3.15. The first-order valence-corrected chi connectivity index (χ1v) is 7.59. The van der Waals surface area contributed by atoms with Gasteiger partial charge in [0.2, 0.25) is 0 Å². The molecule has 1 fully saturated rings. The van der Waals surface area contributed by atoms with Crippen molar-refractivity contribution in [2.45, 2.75) is 51.6 Å².